The molecule has 2 rings (SSSR count). The number of rotatable bonds is 2. The van der Waals surface area contributed by atoms with E-state index in [-0.39, 0.29) is 28.6 Å². The lowest BCUT2D eigenvalue weighted by Crippen LogP contribution is -2.44. The SMILES string of the molecule is O=C(NC(=S)N[C@H]1CCS(=O)(=O)C1)c1ccccc1. The molecule has 5 nitrogen and oxygen atoms in total. The Morgan fingerprint density at radius 1 is 1.26 bits per heavy atom. The second kappa shape index (κ2) is 5.66. The molecule has 0 saturated carbocycles. The number of thiocarbonyl (C=S) groups is 1. The van der Waals surface area contributed by atoms with Gasteiger partial charge in [0.05, 0.1) is 11.5 Å². The first-order valence-corrected chi connectivity index (χ1v) is 8.06. The molecule has 7 heteroatoms. The van der Waals surface area contributed by atoms with Crippen LogP contribution in [0.5, 0.6) is 0 Å². The van der Waals surface area contributed by atoms with Crippen LogP contribution in [0.1, 0.15) is 16.8 Å². The highest BCUT2D eigenvalue weighted by Crippen LogP contribution is 2.11. The lowest BCUT2D eigenvalue weighted by Gasteiger charge is -2.13. The molecule has 1 fully saturated rings. The summed E-state index contributed by atoms with van der Waals surface area (Å²) in [5.41, 5.74) is 0.505. The summed E-state index contributed by atoms with van der Waals surface area (Å²) in [6.07, 6.45) is 0.518. The molecule has 1 amide bonds. The molecule has 1 aliphatic heterocycles. The number of hydrogen-bond acceptors (Lipinski definition) is 4. The molecule has 0 aromatic heterocycles. The van der Waals surface area contributed by atoms with Crippen LogP contribution in [0.15, 0.2) is 30.3 Å². The molecule has 1 saturated heterocycles. The highest BCUT2D eigenvalue weighted by atomic mass is 32.2. The summed E-state index contributed by atoms with van der Waals surface area (Å²) < 4.78 is 22.6. The molecule has 0 radical (unpaired) electrons. The zero-order chi connectivity index (χ0) is 13.9. The number of carbonyl (C=O) groups excluding carboxylic acids is 1. The van der Waals surface area contributed by atoms with E-state index in [0.29, 0.717) is 12.0 Å². The molecule has 1 atom stereocenters. The van der Waals surface area contributed by atoms with Crippen molar-refractivity contribution in [3.05, 3.63) is 35.9 Å². The Morgan fingerprint density at radius 2 is 1.95 bits per heavy atom. The second-order valence-corrected chi connectivity index (χ2v) is 7.03. The molecule has 1 aliphatic rings. The van der Waals surface area contributed by atoms with Gasteiger partial charge in [-0.25, -0.2) is 8.42 Å². The van der Waals surface area contributed by atoms with Gasteiger partial charge in [-0.05, 0) is 30.8 Å². The van der Waals surface area contributed by atoms with Crippen molar-refractivity contribution in [1.29, 1.82) is 0 Å². The lowest BCUT2D eigenvalue weighted by molar-refractivity contribution is 0.0976. The van der Waals surface area contributed by atoms with Crippen LogP contribution in [0, 0.1) is 0 Å². The molecule has 19 heavy (non-hydrogen) atoms. The molecular weight excluding hydrogens is 284 g/mol. The van der Waals surface area contributed by atoms with E-state index in [2.05, 4.69) is 10.6 Å². The van der Waals surface area contributed by atoms with Gasteiger partial charge in [0.1, 0.15) is 0 Å². The van der Waals surface area contributed by atoms with E-state index in [4.69, 9.17) is 12.2 Å². The largest absolute Gasteiger partial charge is 0.359 e. The van der Waals surface area contributed by atoms with Gasteiger partial charge >= 0.3 is 0 Å². The Bertz CT molecular complexity index is 584. The molecule has 1 heterocycles. The van der Waals surface area contributed by atoms with Crippen molar-refractivity contribution in [1.82, 2.24) is 10.6 Å². The van der Waals surface area contributed by atoms with Crippen LogP contribution >= 0.6 is 12.2 Å². The molecule has 102 valence electrons. The molecule has 1 aromatic rings. The summed E-state index contributed by atoms with van der Waals surface area (Å²) >= 11 is 5.00. The smallest absolute Gasteiger partial charge is 0.257 e. The third-order valence-corrected chi connectivity index (χ3v) is 4.82. The van der Waals surface area contributed by atoms with E-state index in [1.165, 1.54) is 0 Å². The first kappa shape index (κ1) is 14.0. The van der Waals surface area contributed by atoms with Crippen molar-refractivity contribution in [2.45, 2.75) is 12.5 Å². The number of amides is 1. The van der Waals surface area contributed by atoms with Crippen LogP contribution < -0.4 is 10.6 Å². The quantitative estimate of drug-likeness (QED) is 0.777. The highest BCUT2D eigenvalue weighted by Gasteiger charge is 2.28. The molecule has 0 unspecified atom stereocenters. The summed E-state index contributed by atoms with van der Waals surface area (Å²) in [4.78, 5) is 11.8. The maximum Gasteiger partial charge on any atom is 0.257 e. The molecule has 0 spiro atoms. The average molecular weight is 298 g/mol. The van der Waals surface area contributed by atoms with E-state index in [1.807, 2.05) is 6.07 Å². The summed E-state index contributed by atoms with van der Waals surface area (Å²) in [7, 11) is -2.96. The number of benzene rings is 1. The first-order chi connectivity index (χ1) is 8.96. The van der Waals surface area contributed by atoms with Crippen LogP contribution in [0.2, 0.25) is 0 Å². The zero-order valence-corrected chi connectivity index (χ0v) is 11.8. The Kier molecular flexibility index (Phi) is 4.16. The van der Waals surface area contributed by atoms with Crippen molar-refractivity contribution < 1.29 is 13.2 Å². The number of hydrogen-bond donors (Lipinski definition) is 2. The fourth-order valence-corrected chi connectivity index (χ4v) is 3.83. The summed E-state index contributed by atoms with van der Waals surface area (Å²) in [5, 5.41) is 5.56. The minimum Gasteiger partial charge on any atom is -0.359 e. The number of carbonyl (C=O) groups is 1. The first-order valence-electron chi connectivity index (χ1n) is 5.83. The normalized spacial score (nSPS) is 20.7. The van der Waals surface area contributed by atoms with Gasteiger partial charge < -0.3 is 5.32 Å². The second-order valence-electron chi connectivity index (χ2n) is 4.39. The Morgan fingerprint density at radius 3 is 2.53 bits per heavy atom. The Balaban J connectivity index is 1.87. The highest BCUT2D eigenvalue weighted by molar-refractivity contribution is 7.91. The van der Waals surface area contributed by atoms with Gasteiger partial charge in [-0.15, -0.1) is 0 Å². The van der Waals surface area contributed by atoms with E-state index >= 15 is 0 Å². The van der Waals surface area contributed by atoms with Crippen LogP contribution in [0.4, 0.5) is 0 Å². The minimum absolute atomic E-state index is 0.0638. The van der Waals surface area contributed by atoms with Crippen molar-refractivity contribution in [3.8, 4) is 0 Å². The maximum absolute atomic E-state index is 11.8. The van der Waals surface area contributed by atoms with E-state index in [1.54, 1.807) is 24.3 Å². The maximum atomic E-state index is 11.8. The zero-order valence-electron chi connectivity index (χ0n) is 10.1. The average Bonchev–Trinajstić information content (AvgIpc) is 2.69. The molecular formula is C12H14N2O3S2. The molecule has 0 aliphatic carbocycles. The van der Waals surface area contributed by atoms with Gasteiger partial charge in [0.15, 0.2) is 14.9 Å². The van der Waals surface area contributed by atoms with E-state index in [9.17, 15) is 13.2 Å². The predicted octanol–water partition coefficient (Wildman–Crippen LogP) is 0.478. The molecule has 2 N–H and O–H groups in total. The lowest BCUT2D eigenvalue weighted by atomic mass is 10.2. The van der Waals surface area contributed by atoms with E-state index < -0.39 is 9.84 Å². The van der Waals surface area contributed by atoms with Crippen molar-refractivity contribution in [3.63, 3.8) is 0 Å². The van der Waals surface area contributed by atoms with Gasteiger partial charge in [-0.1, -0.05) is 18.2 Å². The topological polar surface area (TPSA) is 75.3 Å². The Labute approximate surface area is 117 Å². The van der Waals surface area contributed by atoms with Crippen LogP contribution in [-0.2, 0) is 9.84 Å². The van der Waals surface area contributed by atoms with Gasteiger partial charge in [-0.2, -0.15) is 0 Å². The van der Waals surface area contributed by atoms with E-state index in [0.717, 1.165) is 0 Å². The van der Waals surface area contributed by atoms with Crippen LogP contribution in [-0.4, -0.2) is 37.0 Å². The molecule has 1 aromatic carbocycles. The summed E-state index contributed by atoms with van der Waals surface area (Å²) in [6, 6.07) is 8.48. The van der Waals surface area contributed by atoms with Crippen LogP contribution in [0.3, 0.4) is 0 Å². The van der Waals surface area contributed by atoms with Gasteiger partial charge in [-0.3, -0.25) is 10.1 Å². The van der Waals surface area contributed by atoms with Gasteiger partial charge in [0, 0.05) is 11.6 Å². The van der Waals surface area contributed by atoms with Crippen molar-refractivity contribution in [2.75, 3.05) is 11.5 Å². The monoisotopic (exact) mass is 298 g/mol. The molecule has 0 bridgehead atoms. The standard InChI is InChI=1S/C12H14N2O3S2/c15-11(9-4-2-1-3-5-9)14-12(18)13-10-6-7-19(16,17)8-10/h1-5,10H,6-8H2,(H2,13,14,15,18)/t10-/m0/s1. The van der Waals surface area contributed by atoms with Crippen LogP contribution in [0.25, 0.3) is 0 Å². The fourth-order valence-electron chi connectivity index (χ4n) is 1.90. The minimum atomic E-state index is -2.96. The Hall–Kier alpha value is -1.47. The predicted molar refractivity (Wildman–Crippen MR) is 76.7 cm³/mol. The number of sulfone groups is 1. The summed E-state index contributed by atoms with van der Waals surface area (Å²) in [5.74, 6) is -0.0761. The fraction of sp³-hybridized carbons (Fsp3) is 0.333. The third kappa shape index (κ3) is 4.00. The summed E-state index contributed by atoms with van der Waals surface area (Å²) in [6.45, 7) is 0. The van der Waals surface area contributed by atoms with Gasteiger partial charge in [0.2, 0.25) is 0 Å². The third-order valence-electron chi connectivity index (χ3n) is 2.83. The van der Waals surface area contributed by atoms with Gasteiger partial charge in [0.25, 0.3) is 5.91 Å². The van der Waals surface area contributed by atoms with Crippen molar-refractivity contribution >= 4 is 33.1 Å². The van der Waals surface area contributed by atoms with Crippen molar-refractivity contribution in [2.24, 2.45) is 0 Å². The number of nitrogens with one attached hydrogen (secondary N) is 2.